The number of hydrogen-bond acceptors (Lipinski definition) is 6. The van der Waals surface area contributed by atoms with Crippen LogP contribution in [-0.4, -0.2) is 39.5 Å². The van der Waals surface area contributed by atoms with E-state index < -0.39 is 6.43 Å². The molecule has 0 amide bonds. The lowest BCUT2D eigenvalue weighted by molar-refractivity contribution is 0.151. The summed E-state index contributed by atoms with van der Waals surface area (Å²) in [7, 11) is 1.65. The van der Waals surface area contributed by atoms with Crippen molar-refractivity contribution in [3.63, 3.8) is 0 Å². The van der Waals surface area contributed by atoms with Gasteiger partial charge in [-0.15, -0.1) is 5.10 Å². The molecule has 0 bridgehead atoms. The smallest absolute Gasteiger partial charge is 0.263 e. The first-order valence-electron chi connectivity index (χ1n) is 8.76. The van der Waals surface area contributed by atoms with E-state index in [-0.39, 0.29) is 11.6 Å². The number of nitrogens with one attached hydrogen (secondary N) is 2. The van der Waals surface area contributed by atoms with E-state index in [0.717, 1.165) is 5.56 Å². The lowest BCUT2D eigenvalue weighted by atomic mass is 10.2. The molecule has 1 atom stereocenters. The normalized spacial score (nSPS) is 12.2. The van der Waals surface area contributed by atoms with E-state index in [2.05, 4.69) is 25.7 Å². The molecule has 0 spiro atoms. The Morgan fingerprint density at radius 3 is 2.71 bits per heavy atom. The molecule has 2 aromatic heterocycles. The molecular weight excluding hydrogens is 366 g/mol. The van der Waals surface area contributed by atoms with Crippen molar-refractivity contribution in [2.24, 2.45) is 0 Å². The Kier molecular flexibility index (Phi) is 6.15. The SMILES string of the molecule is COCC(C)Nc1cc(C)cc(Nc2ncn(-c3cccc(C(F)F)c3)n2)n1. The van der Waals surface area contributed by atoms with Crippen LogP contribution in [0.1, 0.15) is 24.5 Å². The maximum absolute atomic E-state index is 12.9. The van der Waals surface area contributed by atoms with Gasteiger partial charge in [0.15, 0.2) is 0 Å². The number of halogens is 2. The Balaban J connectivity index is 1.76. The van der Waals surface area contributed by atoms with Crippen molar-refractivity contribution >= 4 is 17.6 Å². The third-order valence-electron chi connectivity index (χ3n) is 3.90. The van der Waals surface area contributed by atoms with E-state index in [4.69, 9.17) is 4.74 Å². The van der Waals surface area contributed by atoms with E-state index in [0.29, 0.717) is 29.9 Å². The number of ether oxygens (including phenoxy) is 1. The Bertz CT molecular complexity index is 930. The molecule has 0 fully saturated rings. The maximum Gasteiger partial charge on any atom is 0.263 e. The number of aromatic nitrogens is 4. The standard InChI is InChI=1S/C19H22F2N6O/c1-12-7-16(23-13(2)10-28-3)24-17(8-12)25-19-22-11-27(26-19)15-6-4-5-14(9-15)18(20)21/h4-9,11,13,18H,10H2,1-3H3,(H2,23,24,25,26). The molecule has 2 N–H and O–H groups in total. The lowest BCUT2D eigenvalue weighted by Crippen LogP contribution is -2.21. The molecule has 28 heavy (non-hydrogen) atoms. The minimum atomic E-state index is -2.54. The quantitative estimate of drug-likeness (QED) is 0.605. The van der Waals surface area contributed by atoms with Gasteiger partial charge in [-0.3, -0.25) is 0 Å². The van der Waals surface area contributed by atoms with Crippen LogP contribution < -0.4 is 10.6 Å². The summed E-state index contributed by atoms with van der Waals surface area (Å²) in [4.78, 5) is 8.69. The molecule has 3 aromatic rings. The van der Waals surface area contributed by atoms with Crippen molar-refractivity contribution in [3.8, 4) is 5.69 Å². The van der Waals surface area contributed by atoms with Gasteiger partial charge in [0.2, 0.25) is 5.95 Å². The molecule has 7 nitrogen and oxygen atoms in total. The summed E-state index contributed by atoms with van der Waals surface area (Å²) in [6, 6.07) is 9.91. The van der Waals surface area contributed by atoms with Crippen molar-refractivity contribution in [1.29, 1.82) is 0 Å². The fourth-order valence-corrected chi connectivity index (χ4v) is 2.71. The molecule has 2 heterocycles. The predicted molar refractivity (Wildman–Crippen MR) is 104 cm³/mol. The topological polar surface area (TPSA) is 76.9 Å². The molecule has 3 rings (SSSR count). The minimum Gasteiger partial charge on any atom is -0.383 e. The van der Waals surface area contributed by atoms with Crippen molar-refractivity contribution in [2.45, 2.75) is 26.3 Å². The largest absolute Gasteiger partial charge is 0.383 e. The molecule has 0 saturated heterocycles. The van der Waals surface area contributed by atoms with Gasteiger partial charge in [-0.1, -0.05) is 12.1 Å². The number of pyridine rings is 1. The highest BCUT2D eigenvalue weighted by atomic mass is 19.3. The average Bonchev–Trinajstić information content (AvgIpc) is 3.10. The van der Waals surface area contributed by atoms with Crippen LogP contribution in [-0.2, 0) is 4.74 Å². The zero-order valence-corrected chi connectivity index (χ0v) is 15.9. The first-order valence-corrected chi connectivity index (χ1v) is 8.76. The van der Waals surface area contributed by atoms with Crippen LogP contribution in [0.4, 0.5) is 26.4 Å². The molecule has 9 heteroatoms. The van der Waals surface area contributed by atoms with Gasteiger partial charge in [0.05, 0.1) is 12.3 Å². The molecule has 1 aromatic carbocycles. The number of methoxy groups -OCH3 is 1. The Labute approximate surface area is 161 Å². The predicted octanol–water partition coefficient (Wildman–Crippen LogP) is 4.10. The minimum absolute atomic E-state index is 0.0660. The number of anilines is 3. The van der Waals surface area contributed by atoms with Crippen LogP contribution in [0.15, 0.2) is 42.7 Å². The molecule has 0 aliphatic heterocycles. The number of rotatable bonds is 8. The van der Waals surface area contributed by atoms with Crippen molar-refractivity contribution in [1.82, 2.24) is 19.7 Å². The molecule has 1 unspecified atom stereocenters. The van der Waals surface area contributed by atoms with E-state index >= 15 is 0 Å². The molecular formula is C19H22F2N6O. The summed E-state index contributed by atoms with van der Waals surface area (Å²) in [5.41, 5.74) is 1.45. The average molecular weight is 388 g/mol. The van der Waals surface area contributed by atoms with Gasteiger partial charge >= 0.3 is 0 Å². The van der Waals surface area contributed by atoms with E-state index in [1.165, 1.54) is 23.1 Å². The summed E-state index contributed by atoms with van der Waals surface area (Å²) >= 11 is 0. The second kappa shape index (κ2) is 8.75. The number of nitrogens with zero attached hydrogens (tertiary/aromatic N) is 4. The van der Waals surface area contributed by atoms with Crippen LogP contribution >= 0.6 is 0 Å². The Hall–Kier alpha value is -3.07. The van der Waals surface area contributed by atoms with Gasteiger partial charge in [0, 0.05) is 18.7 Å². The van der Waals surface area contributed by atoms with Crippen LogP contribution in [0, 0.1) is 6.92 Å². The first kappa shape index (κ1) is 19.7. The zero-order valence-electron chi connectivity index (χ0n) is 15.9. The summed E-state index contributed by atoms with van der Waals surface area (Å²) < 4.78 is 32.3. The van der Waals surface area contributed by atoms with Crippen LogP contribution in [0.5, 0.6) is 0 Å². The number of benzene rings is 1. The van der Waals surface area contributed by atoms with Crippen LogP contribution in [0.2, 0.25) is 0 Å². The number of aryl methyl sites for hydroxylation is 1. The first-order chi connectivity index (χ1) is 13.4. The summed E-state index contributed by atoms with van der Waals surface area (Å²) in [5.74, 6) is 1.60. The van der Waals surface area contributed by atoms with Gasteiger partial charge in [0.1, 0.15) is 18.0 Å². The third-order valence-corrected chi connectivity index (χ3v) is 3.90. The van der Waals surface area contributed by atoms with Gasteiger partial charge in [-0.05, 0) is 43.7 Å². The molecule has 148 valence electrons. The fourth-order valence-electron chi connectivity index (χ4n) is 2.71. The molecule has 0 aliphatic carbocycles. The second-order valence-electron chi connectivity index (χ2n) is 6.45. The van der Waals surface area contributed by atoms with Crippen molar-refractivity contribution in [3.05, 3.63) is 53.9 Å². The van der Waals surface area contributed by atoms with E-state index in [1.807, 2.05) is 26.0 Å². The Morgan fingerprint density at radius 1 is 1.18 bits per heavy atom. The van der Waals surface area contributed by atoms with Gasteiger partial charge < -0.3 is 15.4 Å². The van der Waals surface area contributed by atoms with Gasteiger partial charge in [-0.25, -0.2) is 18.4 Å². The Morgan fingerprint density at radius 2 is 1.96 bits per heavy atom. The number of alkyl halides is 2. The molecule has 0 aliphatic rings. The summed E-state index contributed by atoms with van der Waals surface area (Å²) in [5, 5.41) is 10.6. The second-order valence-corrected chi connectivity index (χ2v) is 6.45. The highest BCUT2D eigenvalue weighted by Gasteiger charge is 2.10. The number of hydrogen-bond donors (Lipinski definition) is 2. The maximum atomic E-state index is 12.9. The lowest BCUT2D eigenvalue weighted by Gasteiger charge is -2.14. The van der Waals surface area contributed by atoms with Gasteiger partial charge in [-0.2, -0.15) is 4.98 Å². The fraction of sp³-hybridized carbons (Fsp3) is 0.316. The van der Waals surface area contributed by atoms with E-state index in [9.17, 15) is 8.78 Å². The zero-order chi connectivity index (χ0) is 20.1. The van der Waals surface area contributed by atoms with Gasteiger partial charge in [0.25, 0.3) is 6.43 Å². The summed E-state index contributed by atoms with van der Waals surface area (Å²) in [6.07, 6.45) is -1.08. The monoisotopic (exact) mass is 388 g/mol. The molecule has 0 radical (unpaired) electrons. The highest BCUT2D eigenvalue weighted by molar-refractivity contribution is 5.54. The highest BCUT2D eigenvalue weighted by Crippen LogP contribution is 2.22. The molecule has 0 saturated carbocycles. The third kappa shape index (κ3) is 5.01. The summed E-state index contributed by atoms with van der Waals surface area (Å²) in [6.45, 7) is 4.51. The van der Waals surface area contributed by atoms with Crippen LogP contribution in [0.3, 0.4) is 0 Å². The van der Waals surface area contributed by atoms with E-state index in [1.54, 1.807) is 19.2 Å². The van der Waals surface area contributed by atoms with Crippen molar-refractivity contribution in [2.75, 3.05) is 24.4 Å². The van der Waals surface area contributed by atoms with Crippen LogP contribution in [0.25, 0.3) is 5.69 Å². The van der Waals surface area contributed by atoms with Crippen molar-refractivity contribution < 1.29 is 13.5 Å².